The normalized spacial score (nSPS) is 11.2. The first kappa shape index (κ1) is 13.6. The van der Waals surface area contributed by atoms with Crippen LogP contribution in [0, 0.1) is 6.92 Å². The van der Waals surface area contributed by atoms with Gasteiger partial charge < -0.3 is 4.57 Å². The summed E-state index contributed by atoms with van der Waals surface area (Å²) in [5.74, 6) is 1.80. The largest absolute Gasteiger partial charge is 0.308 e. The molecule has 0 amide bonds. The second-order valence-electron chi connectivity index (χ2n) is 4.45. The van der Waals surface area contributed by atoms with Crippen LogP contribution in [-0.2, 0) is 5.33 Å². The first-order valence-corrected chi connectivity index (χ1v) is 7.31. The number of rotatable bonds is 3. The summed E-state index contributed by atoms with van der Waals surface area (Å²) in [6, 6.07) is 6.17. The smallest absolute Gasteiger partial charge is 0.164 e. The zero-order valence-electron chi connectivity index (χ0n) is 10.6. The van der Waals surface area contributed by atoms with Crippen molar-refractivity contribution >= 4 is 27.5 Å². The molecule has 0 saturated carbocycles. The van der Waals surface area contributed by atoms with Crippen molar-refractivity contribution in [1.82, 2.24) is 14.8 Å². The van der Waals surface area contributed by atoms with Crippen LogP contribution in [0.25, 0.3) is 11.4 Å². The molecule has 1 aromatic heterocycles. The lowest BCUT2D eigenvalue weighted by atomic mass is 10.1. The predicted octanol–water partition coefficient (Wildman–Crippen LogP) is 4.38. The van der Waals surface area contributed by atoms with Gasteiger partial charge in [-0.05, 0) is 32.4 Å². The van der Waals surface area contributed by atoms with Crippen molar-refractivity contribution in [2.75, 3.05) is 0 Å². The average Bonchev–Trinajstić information content (AvgIpc) is 2.76. The molecule has 2 aromatic rings. The quantitative estimate of drug-likeness (QED) is 0.783. The molecule has 0 fully saturated rings. The average molecular weight is 329 g/mol. The van der Waals surface area contributed by atoms with E-state index in [1.165, 1.54) is 0 Å². The lowest BCUT2D eigenvalue weighted by molar-refractivity contribution is 0.586. The SMILES string of the molecule is Cc1c(Cl)cccc1-c1nnc(CBr)n1C(C)C. The Balaban J connectivity index is 2.64. The molecule has 2 rings (SSSR count). The van der Waals surface area contributed by atoms with Gasteiger partial charge in [0.05, 0.1) is 5.33 Å². The van der Waals surface area contributed by atoms with E-state index in [0.29, 0.717) is 11.4 Å². The summed E-state index contributed by atoms with van der Waals surface area (Å²) in [5, 5.41) is 9.98. The molecule has 0 spiro atoms. The zero-order chi connectivity index (χ0) is 13.3. The molecule has 0 unspecified atom stereocenters. The van der Waals surface area contributed by atoms with Crippen molar-refractivity contribution in [1.29, 1.82) is 0 Å². The highest BCUT2D eigenvalue weighted by Crippen LogP contribution is 2.29. The number of alkyl halides is 1. The predicted molar refractivity (Wildman–Crippen MR) is 78.2 cm³/mol. The van der Waals surface area contributed by atoms with Gasteiger partial charge in [0.2, 0.25) is 0 Å². The van der Waals surface area contributed by atoms with E-state index in [1.54, 1.807) is 0 Å². The second-order valence-corrected chi connectivity index (χ2v) is 5.42. The van der Waals surface area contributed by atoms with Gasteiger partial charge in [-0.2, -0.15) is 0 Å². The van der Waals surface area contributed by atoms with Gasteiger partial charge in [-0.3, -0.25) is 0 Å². The highest BCUT2D eigenvalue weighted by Gasteiger charge is 2.17. The van der Waals surface area contributed by atoms with Crippen LogP contribution in [0.1, 0.15) is 31.3 Å². The van der Waals surface area contributed by atoms with Crippen LogP contribution in [0.5, 0.6) is 0 Å². The first-order valence-electron chi connectivity index (χ1n) is 5.81. The van der Waals surface area contributed by atoms with Crippen LogP contribution >= 0.6 is 27.5 Å². The molecule has 0 bridgehead atoms. The maximum atomic E-state index is 6.17. The van der Waals surface area contributed by atoms with Crippen molar-refractivity contribution in [3.05, 3.63) is 34.6 Å². The van der Waals surface area contributed by atoms with Crippen molar-refractivity contribution in [3.8, 4) is 11.4 Å². The molecule has 0 N–H and O–H groups in total. The fourth-order valence-corrected chi connectivity index (χ4v) is 2.55. The Labute approximate surface area is 120 Å². The molecular formula is C13H15BrClN3. The van der Waals surface area contributed by atoms with Gasteiger partial charge in [0, 0.05) is 16.6 Å². The molecule has 3 nitrogen and oxygen atoms in total. The molecule has 0 saturated heterocycles. The molecule has 0 radical (unpaired) electrons. The molecule has 0 aliphatic heterocycles. The summed E-state index contributed by atoms with van der Waals surface area (Å²) in [4.78, 5) is 0. The Morgan fingerprint density at radius 1 is 1.33 bits per heavy atom. The van der Waals surface area contributed by atoms with Crippen molar-refractivity contribution < 1.29 is 0 Å². The van der Waals surface area contributed by atoms with E-state index in [1.807, 2.05) is 25.1 Å². The van der Waals surface area contributed by atoms with Gasteiger partial charge in [-0.1, -0.05) is 39.7 Å². The van der Waals surface area contributed by atoms with E-state index in [4.69, 9.17) is 11.6 Å². The van der Waals surface area contributed by atoms with Crippen LogP contribution in [0.15, 0.2) is 18.2 Å². The lowest BCUT2D eigenvalue weighted by Crippen LogP contribution is -2.07. The minimum Gasteiger partial charge on any atom is -0.308 e. The molecule has 0 atom stereocenters. The van der Waals surface area contributed by atoms with E-state index in [2.05, 4.69) is 44.5 Å². The maximum Gasteiger partial charge on any atom is 0.164 e. The molecule has 96 valence electrons. The van der Waals surface area contributed by atoms with Gasteiger partial charge in [-0.25, -0.2) is 0 Å². The number of benzene rings is 1. The number of hydrogen-bond acceptors (Lipinski definition) is 2. The minimum atomic E-state index is 0.306. The Morgan fingerprint density at radius 3 is 2.67 bits per heavy atom. The fourth-order valence-electron chi connectivity index (χ4n) is 1.99. The Morgan fingerprint density at radius 2 is 2.06 bits per heavy atom. The summed E-state index contributed by atoms with van der Waals surface area (Å²) in [6.07, 6.45) is 0. The molecule has 5 heteroatoms. The van der Waals surface area contributed by atoms with Crippen LogP contribution < -0.4 is 0 Å². The lowest BCUT2D eigenvalue weighted by Gasteiger charge is -2.14. The zero-order valence-corrected chi connectivity index (χ0v) is 13.0. The Bertz CT molecular complexity index is 563. The third-order valence-corrected chi connectivity index (χ3v) is 3.82. The van der Waals surface area contributed by atoms with Gasteiger partial charge in [0.15, 0.2) is 5.82 Å². The topological polar surface area (TPSA) is 30.7 Å². The van der Waals surface area contributed by atoms with E-state index in [9.17, 15) is 0 Å². The summed E-state index contributed by atoms with van der Waals surface area (Å²) < 4.78 is 2.13. The molecule has 0 aliphatic carbocycles. The molecule has 0 aliphatic rings. The standard InChI is InChI=1S/C13H15BrClN3/c1-8(2)18-12(7-14)16-17-13(18)10-5-4-6-11(15)9(10)3/h4-6,8H,7H2,1-3H3. The van der Waals surface area contributed by atoms with E-state index >= 15 is 0 Å². The van der Waals surface area contributed by atoms with E-state index in [-0.39, 0.29) is 0 Å². The number of nitrogens with zero attached hydrogens (tertiary/aromatic N) is 3. The van der Waals surface area contributed by atoms with Crippen molar-refractivity contribution in [2.45, 2.75) is 32.1 Å². The van der Waals surface area contributed by atoms with Crippen LogP contribution in [0.4, 0.5) is 0 Å². The van der Waals surface area contributed by atoms with Gasteiger partial charge in [0.1, 0.15) is 5.82 Å². The number of aromatic nitrogens is 3. The molecule has 1 heterocycles. The highest BCUT2D eigenvalue weighted by atomic mass is 79.9. The highest BCUT2D eigenvalue weighted by molar-refractivity contribution is 9.08. The monoisotopic (exact) mass is 327 g/mol. The van der Waals surface area contributed by atoms with Crippen LogP contribution in [-0.4, -0.2) is 14.8 Å². The Kier molecular flexibility index (Phi) is 4.07. The van der Waals surface area contributed by atoms with Gasteiger partial charge in [0.25, 0.3) is 0 Å². The number of hydrogen-bond donors (Lipinski definition) is 0. The maximum absolute atomic E-state index is 6.17. The fraction of sp³-hybridized carbons (Fsp3) is 0.385. The van der Waals surface area contributed by atoms with E-state index in [0.717, 1.165) is 27.8 Å². The van der Waals surface area contributed by atoms with Gasteiger partial charge in [-0.15, -0.1) is 10.2 Å². The first-order chi connectivity index (χ1) is 8.56. The minimum absolute atomic E-state index is 0.306. The second kappa shape index (κ2) is 5.41. The molecule has 1 aromatic carbocycles. The third-order valence-electron chi connectivity index (χ3n) is 2.91. The summed E-state index contributed by atoms with van der Waals surface area (Å²) in [7, 11) is 0. The van der Waals surface area contributed by atoms with E-state index < -0.39 is 0 Å². The summed E-state index contributed by atoms with van der Waals surface area (Å²) in [6.45, 7) is 6.25. The summed E-state index contributed by atoms with van der Waals surface area (Å²) >= 11 is 9.62. The third kappa shape index (κ3) is 2.31. The van der Waals surface area contributed by atoms with Crippen molar-refractivity contribution in [2.24, 2.45) is 0 Å². The van der Waals surface area contributed by atoms with Crippen LogP contribution in [0.2, 0.25) is 5.02 Å². The summed E-state index contributed by atoms with van der Waals surface area (Å²) in [5.41, 5.74) is 2.07. The van der Waals surface area contributed by atoms with Gasteiger partial charge >= 0.3 is 0 Å². The van der Waals surface area contributed by atoms with Crippen molar-refractivity contribution in [3.63, 3.8) is 0 Å². The molecule has 18 heavy (non-hydrogen) atoms. The molecular weight excluding hydrogens is 314 g/mol. The number of halogens is 2. The Hall–Kier alpha value is -0.870. The van der Waals surface area contributed by atoms with Crippen LogP contribution in [0.3, 0.4) is 0 Å².